The number of carbonyl (C=O) groups excluding carboxylic acids is 1. The highest BCUT2D eigenvalue weighted by Gasteiger charge is 2.12. The van der Waals surface area contributed by atoms with E-state index in [0.29, 0.717) is 6.61 Å². The van der Waals surface area contributed by atoms with Gasteiger partial charge in [0.15, 0.2) is 5.69 Å². The van der Waals surface area contributed by atoms with Gasteiger partial charge in [-0.05, 0) is 6.07 Å². The van der Waals surface area contributed by atoms with Gasteiger partial charge in [-0.2, -0.15) is 0 Å². The van der Waals surface area contributed by atoms with Crippen molar-refractivity contribution in [2.75, 3.05) is 26.9 Å². The van der Waals surface area contributed by atoms with Crippen LogP contribution in [-0.2, 0) is 9.47 Å². The molecule has 0 N–H and O–H groups in total. The second-order valence-corrected chi connectivity index (χ2v) is 2.67. The van der Waals surface area contributed by atoms with Gasteiger partial charge in [0, 0.05) is 0 Å². The molecule has 0 unspecified atom stereocenters. The molecular weight excluding hydrogens is 212 g/mol. The van der Waals surface area contributed by atoms with E-state index in [1.165, 1.54) is 19.4 Å². The van der Waals surface area contributed by atoms with Gasteiger partial charge in [-0.15, -0.1) is 11.5 Å². The van der Waals surface area contributed by atoms with Crippen molar-refractivity contribution < 1.29 is 19.1 Å². The lowest BCUT2D eigenvalue weighted by Gasteiger charge is -2.07. The van der Waals surface area contributed by atoms with Crippen molar-refractivity contribution in [3.8, 4) is 12.3 Å². The van der Waals surface area contributed by atoms with Gasteiger partial charge in [-0.3, -0.25) is 0 Å². The maximum Gasteiger partial charge on any atom is 0.360 e. The highest BCUT2D eigenvalue weighted by molar-refractivity contribution is 5.87. The molecule has 0 aliphatic carbocycles. The smallest absolute Gasteiger partial charge is 0.360 e. The van der Waals surface area contributed by atoms with Crippen molar-refractivity contribution in [2.45, 2.75) is 0 Å². The molecule has 86 valence electrons. The fourth-order valence-electron chi connectivity index (χ4n) is 0.958. The molecular formula is C10H12N2O4. The molecule has 6 heteroatoms. The Morgan fingerprint density at radius 1 is 1.62 bits per heavy atom. The maximum absolute atomic E-state index is 11.2. The summed E-state index contributed by atoms with van der Waals surface area (Å²) in [5.74, 6) is 1.81. The van der Waals surface area contributed by atoms with E-state index in [1.54, 1.807) is 0 Å². The van der Waals surface area contributed by atoms with Gasteiger partial charge < -0.3 is 14.3 Å². The SMILES string of the molecule is C#CCOCCOn1nccc1C(=O)OC. The van der Waals surface area contributed by atoms with Crippen LogP contribution in [-0.4, -0.2) is 42.8 Å². The van der Waals surface area contributed by atoms with Gasteiger partial charge >= 0.3 is 5.97 Å². The summed E-state index contributed by atoms with van der Waals surface area (Å²) in [7, 11) is 1.29. The molecule has 1 aromatic rings. The first-order valence-electron chi connectivity index (χ1n) is 4.56. The van der Waals surface area contributed by atoms with Gasteiger partial charge in [0.25, 0.3) is 0 Å². The molecule has 0 aromatic carbocycles. The fourth-order valence-corrected chi connectivity index (χ4v) is 0.958. The van der Waals surface area contributed by atoms with E-state index in [2.05, 4.69) is 15.8 Å². The Labute approximate surface area is 93.0 Å². The summed E-state index contributed by atoms with van der Waals surface area (Å²) in [5, 5.41) is 3.80. The first-order chi connectivity index (χ1) is 7.79. The molecule has 1 aromatic heterocycles. The average molecular weight is 224 g/mol. The van der Waals surface area contributed by atoms with Crippen LogP contribution in [0.25, 0.3) is 0 Å². The molecule has 0 spiro atoms. The summed E-state index contributed by atoms with van der Waals surface area (Å²) in [6, 6.07) is 1.49. The largest absolute Gasteiger partial charge is 0.464 e. The van der Waals surface area contributed by atoms with E-state index in [1.807, 2.05) is 0 Å². The maximum atomic E-state index is 11.2. The Morgan fingerprint density at radius 3 is 3.12 bits per heavy atom. The molecule has 0 aliphatic heterocycles. The number of hydrogen-bond acceptors (Lipinski definition) is 5. The van der Waals surface area contributed by atoms with Crippen molar-refractivity contribution in [3.05, 3.63) is 18.0 Å². The third-order valence-electron chi connectivity index (χ3n) is 1.63. The Hall–Kier alpha value is -2.00. The van der Waals surface area contributed by atoms with E-state index in [0.717, 1.165) is 4.85 Å². The number of ether oxygens (including phenoxy) is 2. The van der Waals surface area contributed by atoms with Crippen molar-refractivity contribution in [3.63, 3.8) is 0 Å². The Kier molecular flexibility index (Phi) is 4.89. The quantitative estimate of drug-likeness (QED) is 0.379. The molecule has 0 bridgehead atoms. The zero-order valence-corrected chi connectivity index (χ0v) is 8.88. The molecule has 0 aliphatic rings. The van der Waals surface area contributed by atoms with Crippen LogP contribution in [0.4, 0.5) is 0 Å². The second kappa shape index (κ2) is 6.48. The van der Waals surface area contributed by atoms with Crippen LogP contribution in [0.2, 0.25) is 0 Å². The number of methoxy groups -OCH3 is 1. The molecule has 0 amide bonds. The summed E-state index contributed by atoms with van der Waals surface area (Å²) in [6.45, 7) is 0.796. The van der Waals surface area contributed by atoms with Gasteiger partial charge in [0.1, 0.15) is 13.2 Å². The van der Waals surface area contributed by atoms with Crippen molar-refractivity contribution in [1.29, 1.82) is 0 Å². The normalized spacial score (nSPS) is 9.50. The summed E-state index contributed by atoms with van der Waals surface area (Å²) in [4.78, 5) is 17.5. The van der Waals surface area contributed by atoms with Gasteiger partial charge in [-0.1, -0.05) is 10.8 Å². The molecule has 0 radical (unpaired) electrons. The van der Waals surface area contributed by atoms with Crippen LogP contribution in [0.5, 0.6) is 0 Å². The molecule has 6 nitrogen and oxygen atoms in total. The Morgan fingerprint density at radius 2 is 2.44 bits per heavy atom. The molecule has 1 heterocycles. The number of aromatic nitrogens is 2. The minimum Gasteiger partial charge on any atom is -0.464 e. The van der Waals surface area contributed by atoms with E-state index < -0.39 is 5.97 Å². The minimum absolute atomic E-state index is 0.222. The lowest BCUT2D eigenvalue weighted by atomic mass is 10.4. The fraction of sp³-hybridized carbons (Fsp3) is 0.400. The summed E-state index contributed by atoms with van der Waals surface area (Å²) in [5.41, 5.74) is 0.222. The van der Waals surface area contributed by atoms with Gasteiger partial charge in [-0.25, -0.2) is 4.79 Å². The number of terminal acetylenes is 1. The number of rotatable bonds is 6. The monoisotopic (exact) mass is 224 g/mol. The number of carbonyl (C=O) groups is 1. The predicted octanol–water partition coefficient (Wildman–Crippen LogP) is -0.252. The number of hydrogen-bond donors (Lipinski definition) is 0. The van der Waals surface area contributed by atoms with E-state index in [4.69, 9.17) is 16.0 Å². The lowest BCUT2D eigenvalue weighted by molar-refractivity contribution is 0.0220. The molecule has 0 saturated carbocycles. The summed E-state index contributed by atoms with van der Waals surface area (Å²) >= 11 is 0. The summed E-state index contributed by atoms with van der Waals surface area (Å²) in [6.07, 6.45) is 6.43. The van der Waals surface area contributed by atoms with Crippen LogP contribution >= 0.6 is 0 Å². The number of esters is 1. The van der Waals surface area contributed by atoms with Crippen LogP contribution in [0, 0.1) is 12.3 Å². The highest BCUT2D eigenvalue weighted by Crippen LogP contribution is 1.98. The summed E-state index contributed by atoms with van der Waals surface area (Å²) < 4.78 is 9.53. The lowest BCUT2D eigenvalue weighted by Crippen LogP contribution is -2.22. The molecule has 1 rings (SSSR count). The van der Waals surface area contributed by atoms with Crippen LogP contribution in [0.1, 0.15) is 10.5 Å². The van der Waals surface area contributed by atoms with Crippen LogP contribution in [0.3, 0.4) is 0 Å². The second-order valence-electron chi connectivity index (χ2n) is 2.67. The van der Waals surface area contributed by atoms with Gasteiger partial charge in [0.05, 0.1) is 19.9 Å². The third kappa shape index (κ3) is 3.29. The van der Waals surface area contributed by atoms with E-state index in [-0.39, 0.29) is 18.9 Å². The molecule has 0 saturated heterocycles. The zero-order valence-electron chi connectivity index (χ0n) is 8.88. The average Bonchev–Trinajstić information content (AvgIpc) is 2.76. The Bertz CT molecular complexity index is 380. The van der Waals surface area contributed by atoms with Crippen LogP contribution in [0.15, 0.2) is 12.3 Å². The molecule has 16 heavy (non-hydrogen) atoms. The molecule has 0 fully saturated rings. The topological polar surface area (TPSA) is 62.6 Å². The molecule has 0 atom stereocenters. The first kappa shape index (κ1) is 12.1. The zero-order chi connectivity index (χ0) is 11.8. The van der Waals surface area contributed by atoms with Crippen molar-refractivity contribution >= 4 is 5.97 Å². The van der Waals surface area contributed by atoms with E-state index in [9.17, 15) is 4.79 Å². The predicted molar refractivity (Wildman–Crippen MR) is 54.7 cm³/mol. The van der Waals surface area contributed by atoms with Crippen LogP contribution < -0.4 is 4.84 Å². The Balaban J connectivity index is 2.39. The third-order valence-corrected chi connectivity index (χ3v) is 1.63. The number of nitrogens with zero attached hydrogens (tertiary/aromatic N) is 2. The van der Waals surface area contributed by atoms with Gasteiger partial charge in [0.2, 0.25) is 0 Å². The minimum atomic E-state index is -0.512. The first-order valence-corrected chi connectivity index (χ1v) is 4.56. The highest BCUT2D eigenvalue weighted by atomic mass is 16.7. The standard InChI is InChI=1S/C10H12N2O4/c1-3-6-15-7-8-16-12-9(4-5-11-12)10(13)14-2/h1,4-5H,6-8H2,2H3. The van der Waals surface area contributed by atoms with E-state index >= 15 is 0 Å². The van der Waals surface area contributed by atoms with Crippen molar-refractivity contribution in [2.24, 2.45) is 0 Å². The van der Waals surface area contributed by atoms with Crippen molar-refractivity contribution in [1.82, 2.24) is 9.94 Å².